The van der Waals surface area contributed by atoms with E-state index in [2.05, 4.69) is 10.3 Å². The maximum Gasteiger partial charge on any atom is 0.189 e. The lowest BCUT2D eigenvalue weighted by Crippen LogP contribution is -2.42. The molecule has 0 aliphatic carbocycles. The number of amidine groups is 1. The van der Waals surface area contributed by atoms with Crippen molar-refractivity contribution in [3.63, 3.8) is 0 Å². The molecule has 0 aromatic heterocycles. The summed E-state index contributed by atoms with van der Waals surface area (Å²) in [6.45, 7) is 4.30. The van der Waals surface area contributed by atoms with Crippen LogP contribution in [0.5, 0.6) is 11.5 Å². The highest BCUT2D eigenvalue weighted by Gasteiger charge is 2.26. The predicted molar refractivity (Wildman–Crippen MR) is 61.4 cm³/mol. The van der Waals surface area contributed by atoms with Crippen LogP contribution in [-0.2, 0) is 0 Å². The third kappa shape index (κ3) is 1.60. The van der Waals surface area contributed by atoms with Gasteiger partial charge < -0.3 is 14.8 Å². The Morgan fingerprint density at radius 3 is 3.12 bits per heavy atom. The van der Waals surface area contributed by atoms with Crippen LogP contribution in [0.15, 0.2) is 23.2 Å². The fourth-order valence-electron chi connectivity index (χ4n) is 1.95. The Morgan fingerprint density at radius 2 is 2.31 bits per heavy atom. The van der Waals surface area contributed by atoms with Crippen LogP contribution in [0.25, 0.3) is 0 Å². The highest BCUT2D eigenvalue weighted by molar-refractivity contribution is 5.88. The zero-order chi connectivity index (χ0) is 11.0. The predicted octanol–water partition coefficient (Wildman–Crippen LogP) is 1.14. The molecule has 1 aromatic carbocycles. The van der Waals surface area contributed by atoms with Gasteiger partial charge in [-0.15, -0.1) is 0 Å². The molecular formula is C12H14N2O2. The molecule has 2 aliphatic heterocycles. The molecule has 0 amide bonds. The Balaban J connectivity index is 1.85. The molecule has 0 saturated heterocycles. The van der Waals surface area contributed by atoms with Crippen LogP contribution in [-0.4, -0.2) is 31.6 Å². The summed E-state index contributed by atoms with van der Waals surface area (Å²) < 4.78 is 11.5. The third-order valence-corrected chi connectivity index (χ3v) is 2.76. The molecule has 0 bridgehead atoms. The highest BCUT2D eigenvalue weighted by atomic mass is 16.6. The van der Waals surface area contributed by atoms with E-state index < -0.39 is 0 Å². The Kier molecular flexibility index (Phi) is 2.20. The van der Waals surface area contributed by atoms with Crippen LogP contribution >= 0.6 is 0 Å². The van der Waals surface area contributed by atoms with Crippen molar-refractivity contribution >= 4 is 5.84 Å². The van der Waals surface area contributed by atoms with Gasteiger partial charge in [0, 0.05) is 6.54 Å². The number of benzene rings is 1. The molecule has 0 spiro atoms. The van der Waals surface area contributed by atoms with Gasteiger partial charge in [0.05, 0.1) is 6.54 Å². The monoisotopic (exact) mass is 218 g/mol. The van der Waals surface area contributed by atoms with E-state index in [-0.39, 0.29) is 6.10 Å². The maximum absolute atomic E-state index is 5.88. The van der Waals surface area contributed by atoms with E-state index in [4.69, 9.17) is 9.47 Å². The van der Waals surface area contributed by atoms with Gasteiger partial charge in [-0.1, -0.05) is 6.07 Å². The molecule has 1 unspecified atom stereocenters. The van der Waals surface area contributed by atoms with Gasteiger partial charge >= 0.3 is 0 Å². The average Bonchev–Trinajstić information content (AvgIpc) is 2.81. The largest absolute Gasteiger partial charge is 0.485 e. The SMILES string of the molecule is Cc1ccc2c(c1)OC(C1=NCCN1)CO2. The van der Waals surface area contributed by atoms with E-state index in [1.54, 1.807) is 0 Å². The first-order valence-corrected chi connectivity index (χ1v) is 5.51. The molecule has 16 heavy (non-hydrogen) atoms. The first-order valence-electron chi connectivity index (χ1n) is 5.51. The summed E-state index contributed by atoms with van der Waals surface area (Å²) in [5.41, 5.74) is 1.17. The first kappa shape index (κ1) is 9.51. The van der Waals surface area contributed by atoms with Crippen LogP contribution in [0.3, 0.4) is 0 Å². The van der Waals surface area contributed by atoms with Crippen molar-refractivity contribution in [3.05, 3.63) is 23.8 Å². The molecule has 0 fully saturated rings. The first-order chi connectivity index (χ1) is 7.83. The van der Waals surface area contributed by atoms with Gasteiger partial charge in [-0.3, -0.25) is 4.99 Å². The van der Waals surface area contributed by atoms with Crippen molar-refractivity contribution < 1.29 is 9.47 Å². The van der Waals surface area contributed by atoms with Gasteiger partial charge in [0.1, 0.15) is 12.4 Å². The number of ether oxygens (including phenoxy) is 2. The molecule has 0 radical (unpaired) electrons. The number of nitrogens with zero attached hydrogens (tertiary/aromatic N) is 1. The summed E-state index contributed by atoms with van der Waals surface area (Å²) in [7, 11) is 0. The molecule has 0 saturated carbocycles. The summed E-state index contributed by atoms with van der Waals surface area (Å²) in [6, 6.07) is 5.97. The molecular weight excluding hydrogens is 204 g/mol. The van der Waals surface area contributed by atoms with Crippen molar-refractivity contribution in [1.82, 2.24) is 5.32 Å². The molecule has 3 rings (SSSR count). The summed E-state index contributed by atoms with van der Waals surface area (Å²) >= 11 is 0. The van der Waals surface area contributed by atoms with Gasteiger partial charge in [0.25, 0.3) is 0 Å². The molecule has 1 atom stereocenters. The zero-order valence-electron chi connectivity index (χ0n) is 9.19. The number of aryl methyl sites for hydroxylation is 1. The average molecular weight is 218 g/mol. The smallest absolute Gasteiger partial charge is 0.189 e. The second-order valence-corrected chi connectivity index (χ2v) is 4.06. The van der Waals surface area contributed by atoms with Crippen LogP contribution in [0.2, 0.25) is 0 Å². The maximum atomic E-state index is 5.88. The second kappa shape index (κ2) is 3.70. The Bertz CT molecular complexity index is 443. The normalized spacial score (nSPS) is 22.6. The van der Waals surface area contributed by atoms with Gasteiger partial charge in [-0.25, -0.2) is 0 Å². The van der Waals surface area contributed by atoms with Gasteiger partial charge in [-0.05, 0) is 24.6 Å². The molecule has 84 valence electrons. The van der Waals surface area contributed by atoms with E-state index in [1.165, 1.54) is 5.56 Å². The lowest BCUT2D eigenvalue weighted by atomic mass is 10.2. The van der Waals surface area contributed by atoms with E-state index in [0.717, 1.165) is 30.4 Å². The summed E-state index contributed by atoms with van der Waals surface area (Å²) in [6.07, 6.45) is -0.0863. The topological polar surface area (TPSA) is 42.8 Å². The molecule has 2 aliphatic rings. The summed E-state index contributed by atoms with van der Waals surface area (Å²) in [5, 5.41) is 3.22. The quantitative estimate of drug-likeness (QED) is 0.768. The van der Waals surface area contributed by atoms with Gasteiger partial charge in [-0.2, -0.15) is 0 Å². The number of rotatable bonds is 1. The van der Waals surface area contributed by atoms with Gasteiger partial charge in [0.2, 0.25) is 0 Å². The second-order valence-electron chi connectivity index (χ2n) is 4.06. The standard InChI is InChI=1S/C12H14N2O2/c1-8-2-3-9-10(6-8)16-11(7-15-9)12-13-4-5-14-12/h2-3,6,11H,4-5,7H2,1H3,(H,13,14). The third-order valence-electron chi connectivity index (χ3n) is 2.76. The number of fused-ring (bicyclic) bond motifs is 1. The van der Waals surface area contributed by atoms with Crippen molar-refractivity contribution in [2.75, 3.05) is 19.7 Å². The van der Waals surface area contributed by atoms with Crippen molar-refractivity contribution in [2.45, 2.75) is 13.0 Å². The molecule has 1 N–H and O–H groups in total. The minimum Gasteiger partial charge on any atom is -0.485 e. The summed E-state index contributed by atoms with van der Waals surface area (Å²) in [4.78, 5) is 4.36. The van der Waals surface area contributed by atoms with Crippen molar-refractivity contribution in [2.24, 2.45) is 4.99 Å². The molecule has 1 aromatic rings. The minimum atomic E-state index is -0.0863. The van der Waals surface area contributed by atoms with Crippen molar-refractivity contribution in [1.29, 1.82) is 0 Å². The summed E-state index contributed by atoms with van der Waals surface area (Å²) in [5.74, 6) is 2.54. The van der Waals surface area contributed by atoms with Crippen LogP contribution in [0.1, 0.15) is 5.56 Å². The Morgan fingerprint density at radius 1 is 1.38 bits per heavy atom. The van der Waals surface area contributed by atoms with E-state index in [0.29, 0.717) is 6.61 Å². The Hall–Kier alpha value is -1.71. The fourth-order valence-corrected chi connectivity index (χ4v) is 1.95. The minimum absolute atomic E-state index is 0.0863. The molecule has 2 heterocycles. The molecule has 4 heteroatoms. The lowest BCUT2D eigenvalue weighted by Gasteiger charge is -2.26. The lowest BCUT2D eigenvalue weighted by molar-refractivity contribution is 0.133. The molecule has 4 nitrogen and oxygen atoms in total. The highest BCUT2D eigenvalue weighted by Crippen LogP contribution is 2.32. The number of aliphatic imine (C=N–C) groups is 1. The van der Waals surface area contributed by atoms with Crippen LogP contribution < -0.4 is 14.8 Å². The number of hydrogen-bond acceptors (Lipinski definition) is 4. The van der Waals surface area contributed by atoms with E-state index >= 15 is 0 Å². The zero-order valence-corrected chi connectivity index (χ0v) is 9.19. The number of nitrogens with one attached hydrogen (secondary N) is 1. The fraction of sp³-hybridized carbons (Fsp3) is 0.417. The number of hydrogen-bond donors (Lipinski definition) is 1. The van der Waals surface area contributed by atoms with Gasteiger partial charge in [0.15, 0.2) is 17.6 Å². The van der Waals surface area contributed by atoms with E-state index in [1.807, 2.05) is 25.1 Å². The van der Waals surface area contributed by atoms with E-state index in [9.17, 15) is 0 Å². The Labute approximate surface area is 94.3 Å². The van der Waals surface area contributed by atoms with Crippen molar-refractivity contribution in [3.8, 4) is 11.5 Å². The van der Waals surface area contributed by atoms with Crippen LogP contribution in [0.4, 0.5) is 0 Å². The van der Waals surface area contributed by atoms with Crippen LogP contribution in [0, 0.1) is 6.92 Å².